The Balaban J connectivity index is 1.45. The maximum absolute atomic E-state index is 14.7. The van der Waals surface area contributed by atoms with Crippen molar-refractivity contribution in [2.45, 2.75) is 45.0 Å². The number of pyridine rings is 1. The van der Waals surface area contributed by atoms with Gasteiger partial charge in [0.1, 0.15) is 24.3 Å². The summed E-state index contributed by atoms with van der Waals surface area (Å²) in [6.07, 6.45) is 0.213. The predicted molar refractivity (Wildman–Crippen MR) is 159 cm³/mol. The highest BCUT2D eigenvalue weighted by molar-refractivity contribution is 5.92. The molecule has 1 heterocycles. The summed E-state index contributed by atoms with van der Waals surface area (Å²) in [5.74, 6) is 0.332. The standard InChI is InChI=1S/C31H36F3N5O5/c1-31(33,34)44-28-10-3-6-23(18-28)8-5-13-39(37-35)22-25(32)11-14-38-15-12-26(21-30(38)41)36-29(40)20-24-7-4-9-27(19-24)43-17-16-42-2/h3-7,9-10,12-13,15,18-19,21,25,35H,8,11,14,16-17,20,22H2,1-2H3,(H,36,40)/b13-5+,37-35?. The highest BCUT2D eigenvalue weighted by Crippen LogP contribution is 2.22. The molecule has 0 aliphatic rings. The lowest BCUT2D eigenvalue weighted by atomic mass is 10.1. The lowest BCUT2D eigenvalue weighted by Crippen LogP contribution is -2.26. The molecular weight excluding hydrogens is 579 g/mol. The Bertz CT molecular complexity index is 1460. The second-order valence-electron chi connectivity index (χ2n) is 9.91. The van der Waals surface area contributed by atoms with E-state index in [1.54, 1.807) is 55.7 Å². The summed E-state index contributed by atoms with van der Waals surface area (Å²) in [5.41, 5.74) is 8.67. The number of nitrogens with zero attached hydrogens (tertiary/aromatic N) is 3. The van der Waals surface area contributed by atoms with Crippen molar-refractivity contribution in [3.05, 3.63) is 101 Å². The minimum Gasteiger partial charge on any atom is -0.491 e. The summed E-state index contributed by atoms with van der Waals surface area (Å²) in [7, 11) is 1.58. The molecule has 1 atom stereocenters. The van der Waals surface area contributed by atoms with Crippen molar-refractivity contribution in [1.29, 1.82) is 5.53 Å². The van der Waals surface area contributed by atoms with Gasteiger partial charge in [-0.25, -0.2) is 4.39 Å². The summed E-state index contributed by atoms with van der Waals surface area (Å²) in [6.45, 7) is 1.35. The number of methoxy groups -OCH3 is 1. The maximum Gasteiger partial charge on any atom is 0.394 e. The Morgan fingerprint density at radius 3 is 2.55 bits per heavy atom. The molecule has 0 spiro atoms. The number of anilines is 1. The van der Waals surface area contributed by atoms with Crippen LogP contribution in [0.25, 0.3) is 0 Å². The van der Waals surface area contributed by atoms with Crippen LogP contribution in [0, 0.1) is 5.53 Å². The number of alkyl halides is 3. The van der Waals surface area contributed by atoms with Gasteiger partial charge >= 0.3 is 6.11 Å². The van der Waals surface area contributed by atoms with Crippen molar-refractivity contribution in [1.82, 2.24) is 9.58 Å². The van der Waals surface area contributed by atoms with Gasteiger partial charge in [-0.2, -0.15) is 14.3 Å². The third-order valence-corrected chi connectivity index (χ3v) is 6.12. The fourth-order valence-corrected chi connectivity index (χ4v) is 4.11. The molecule has 0 radical (unpaired) electrons. The van der Waals surface area contributed by atoms with E-state index in [0.29, 0.717) is 43.6 Å². The van der Waals surface area contributed by atoms with Crippen LogP contribution in [-0.4, -0.2) is 54.6 Å². The highest BCUT2D eigenvalue weighted by atomic mass is 19.3. The molecule has 1 amide bonds. The number of halogens is 3. The van der Waals surface area contributed by atoms with Crippen molar-refractivity contribution in [3.8, 4) is 11.5 Å². The minimum atomic E-state index is -3.30. The Kier molecular flexibility index (Phi) is 13.0. The van der Waals surface area contributed by atoms with Crippen LogP contribution in [-0.2, 0) is 28.9 Å². The van der Waals surface area contributed by atoms with Gasteiger partial charge in [0.2, 0.25) is 5.91 Å². The molecule has 10 nitrogen and oxygen atoms in total. The molecule has 2 aromatic carbocycles. The van der Waals surface area contributed by atoms with E-state index >= 15 is 0 Å². The number of hydrogen-bond donors (Lipinski definition) is 2. The number of aryl methyl sites for hydroxylation is 1. The maximum atomic E-state index is 14.7. The third-order valence-electron chi connectivity index (χ3n) is 6.12. The van der Waals surface area contributed by atoms with E-state index in [1.165, 1.54) is 35.2 Å². The Morgan fingerprint density at radius 2 is 1.84 bits per heavy atom. The highest BCUT2D eigenvalue weighted by Gasteiger charge is 2.23. The van der Waals surface area contributed by atoms with Gasteiger partial charge in [0.05, 0.1) is 19.6 Å². The molecule has 236 valence electrons. The SMILES string of the molecule is COCCOc1cccc(CC(=O)Nc2ccn(CCC(F)CN(/C=C/Cc3cccc(OC(C)(F)F)c3)N=N)c(=O)c2)c1. The average Bonchev–Trinajstić information content (AvgIpc) is 2.96. The van der Waals surface area contributed by atoms with Gasteiger partial charge in [0, 0.05) is 44.7 Å². The molecule has 44 heavy (non-hydrogen) atoms. The van der Waals surface area contributed by atoms with E-state index in [-0.39, 0.29) is 37.6 Å². The van der Waals surface area contributed by atoms with Crippen molar-refractivity contribution in [2.24, 2.45) is 5.22 Å². The second kappa shape index (κ2) is 16.8. The average molecular weight is 616 g/mol. The molecule has 2 N–H and O–H groups in total. The van der Waals surface area contributed by atoms with Crippen LogP contribution in [0.15, 0.2) is 89.2 Å². The number of amides is 1. The number of carbonyl (C=O) groups is 1. The van der Waals surface area contributed by atoms with E-state index in [0.717, 1.165) is 10.6 Å². The lowest BCUT2D eigenvalue weighted by Gasteiger charge is -2.16. The van der Waals surface area contributed by atoms with E-state index in [1.807, 2.05) is 0 Å². The zero-order valence-corrected chi connectivity index (χ0v) is 24.5. The van der Waals surface area contributed by atoms with Crippen LogP contribution in [0.3, 0.4) is 0 Å². The number of hydrogen-bond acceptors (Lipinski definition) is 7. The first-order valence-corrected chi connectivity index (χ1v) is 13.9. The molecule has 1 unspecified atom stereocenters. The minimum absolute atomic E-state index is 0.0150. The van der Waals surface area contributed by atoms with Crippen LogP contribution in [0.5, 0.6) is 11.5 Å². The summed E-state index contributed by atoms with van der Waals surface area (Å²) in [5, 5.41) is 7.10. The van der Waals surface area contributed by atoms with Gasteiger partial charge in [0.25, 0.3) is 5.56 Å². The summed E-state index contributed by atoms with van der Waals surface area (Å²) >= 11 is 0. The molecule has 0 bridgehead atoms. The molecule has 0 saturated heterocycles. The van der Waals surface area contributed by atoms with Gasteiger partial charge in [-0.1, -0.05) is 35.6 Å². The Morgan fingerprint density at radius 1 is 1.11 bits per heavy atom. The zero-order valence-electron chi connectivity index (χ0n) is 24.5. The molecule has 0 saturated carbocycles. The Hall–Kier alpha value is -4.65. The zero-order chi connectivity index (χ0) is 32.0. The van der Waals surface area contributed by atoms with Crippen LogP contribution in [0.4, 0.5) is 18.9 Å². The normalized spacial score (nSPS) is 12.1. The Labute approximate surface area is 253 Å². The largest absolute Gasteiger partial charge is 0.491 e. The van der Waals surface area contributed by atoms with Crippen molar-refractivity contribution in [2.75, 3.05) is 32.2 Å². The number of aromatic nitrogens is 1. The summed E-state index contributed by atoms with van der Waals surface area (Å²) in [4.78, 5) is 25.1. The van der Waals surface area contributed by atoms with E-state index in [2.05, 4.69) is 15.3 Å². The van der Waals surface area contributed by atoms with Crippen molar-refractivity contribution in [3.63, 3.8) is 0 Å². The van der Waals surface area contributed by atoms with Gasteiger partial charge in [-0.05, 0) is 54.3 Å². The van der Waals surface area contributed by atoms with Gasteiger partial charge in [-0.3, -0.25) is 14.6 Å². The van der Waals surface area contributed by atoms with E-state index in [9.17, 15) is 22.8 Å². The van der Waals surface area contributed by atoms with E-state index in [4.69, 9.17) is 15.0 Å². The molecule has 3 rings (SSSR count). The topological polar surface area (TPSA) is 118 Å². The molecule has 13 heteroatoms. The summed E-state index contributed by atoms with van der Waals surface area (Å²) < 4.78 is 57.3. The second-order valence-corrected chi connectivity index (χ2v) is 9.91. The number of nitrogens with one attached hydrogen (secondary N) is 2. The number of allylic oxidation sites excluding steroid dienone is 1. The third kappa shape index (κ3) is 12.3. The number of rotatable bonds is 18. The van der Waals surface area contributed by atoms with Crippen LogP contribution in [0.1, 0.15) is 24.5 Å². The smallest absolute Gasteiger partial charge is 0.394 e. The molecule has 1 aromatic heterocycles. The fraction of sp³-hybridized carbons (Fsp3) is 0.355. The van der Waals surface area contributed by atoms with Crippen LogP contribution >= 0.6 is 0 Å². The molecule has 0 aliphatic carbocycles. The number of ether oxygens (including phenoxy) is 3. The summed E-state index contributed by atoms with van der Waals surface area (Å²) in [6, 6.07) is 16.2. The van der Waals surface area contributed by atoms with Crippen LogP contribution in [0.2, 0.25) is 0 Å². The fourth-order valence-electron chi connectivity index (χ4n) is 4.11. The van der Waals surface area contributed by atoms with Gasteiger partial charge in [0.15, 0.2) is 0 Å². The first-order valence-electron chi connectivity index (χ1n) is 13.9. The van der Waals surface area contributed by atoms with E-state index < -0.39 is 17.8 Å². The molecule has 3 aromatic rings. The van der Waals surface area contributed by atoms with Crippen molar-refractivity contribution >= 4 is 11.6 Å². The van der Waals surface area contributed by atoms with Gasteiger partial charge in [-0.15, -0.1) is 0 Å². The lowest BCUT2D eigenvalue weighted by molar-refractivity contribution is -0.159. The first-order chi connectivity index (χ1) is 21.0. The molecular formula is C31H36F3N5O5. The molecule has 0 aliphatic heterocycles. The van der Waals surface area contributed by atoms with Gasteiger partial charge < -0.3 is 24.1 Å². The quantitative estimate of drug-likeness (QED) is 0.106. The molecule has 0 fully saturated rings. The number of carbonyl (C=O) groups excluding carboxylic acids is 1. The predicted octanol–water partition coefficient (Wildman–Crippen LogP) is 5.78. The van der Waals surface area contributed by atoms with Crippen molar-refractivity contribution < 1.29 is 32.2 Å². The first kappa shape index (κ1) is 33.8. The monoisotopic (exact) mass is 615 g/mol. The number of benzene rings is 2. The van der Waals surface area contributed by atoms with Crippen LogP contribution < -0.4 is 20.3 Å².